The van der Waals surface area contributed by atoms with Crippen molar-refractivity contribution in [2.24, 2.45) is 23.7 Å². The van der Waals surface area contributed by atoms with Gasteiger partial charge in [-0.25, -0.2) is 0 Å². The Balaban J connectivity index is 1.45. The minimum absolute atomic E-state index is 0.908. The van der Waals surface area contributed by atoms with Gasteiger partial charge in [0.05, 0.1) is 0 Å². The lowest BCUT2D eigenvalue weighted by molar-refractivity contribution is 0.0618. The molecule has 0 aromatic carbocycles. The van der Waals surface area contributed by atoms with Gasteiger partial charge in [-0.3, -0.25) is 0 Å². The molecule has 0 spiro atoms. The molecule has 0 amide bonds. The van der Waals surface area contributed by atoms with Gasteiger partial charge in [0, 0.05) is 6.04 Å². The Morgan fingerprint density at radius 3 is 2.53 bits per heavy atom. The highest BCUT2D eigenvalue weighted by molar-refractivity contribution is 4.91. The Labute approximate surface area is 107 Å². The van der Waals surface area contributed by atoms with Crippen molar-refractivity contribution in [1.82, 2.24) is 5.32 Å². The second-order valence-electron chi connectivity index (χ2n) is 6.88. The molecule has 0 saturated heterocycles. The monoisotopic (exact) mass is 235 g/mol. The van der Waals surface area contributed by atoms with E-state index in [0.717, 1.165) is 29.7 Å². The maximum atomic E-state index is 3.75. The summed E-state index contributed by atoms with van der Waals surface area (Å²) in [5, 5.41) is 3.75. The highest BCUT2D eigenvalue weighted by atomic mass is 14.9. The molecule has 0 heterocycles. The van der Waals surface area contributed by atoms with Crippen LogP contribution < -0.4 is 5.32 Å². The van der Waals surface area contributed by atoms with E-state index in [0.29, 0.717) is 0 Å². The quantitative estimate of drug-likeness (QED) is 0.760. The van der Waals surface area contributed by atoms with Crippen LogP contribution in [0.4, 0.5) is 0 Å². The van der Waals surface area contributed by atoms with E-state index >= 15 is 0 Å². The molecule has 3 saturated carbocycles. The highest BCUT2D eigenvalue weighted by Gasteiger charge is 2.38. The van der Waals surface area contributed by atoms with E-state index in [1.165, 1.54) is 51.5 Å². The first-order valence-electron chi connectivity index (χ1n) is 8.10. The van der Waals surface area contributed by atoms with Crippen molar-refractivity contribution < 1.29 is 0 Å². The number of hydrogen-bond acceptors (Lipinski definition) is 1. The third-order valence-corrected chi connectivity index (χ3v) is 5.73. The highest BCUT2D eigenvalue weighted by Crippen LogP contribution is 2.46. The van der Waals surface area contributed by atoms with Crippen molar-refractivity contribution in [1.29, 1.82) is 0 Å². The van der Waals surface area contributed by atoms with E-state index in [4.69, 9.17) is 0 Å². The van der Waals surface area contributed by atoms with Crippen molar-refractivity contribution >= 4 is 0 Å². The van der Waals surface area contributed by atoms with Crippen molar-refractivity contribution in [2.75, 3.05) is 6.54 Å². The molecule has 0 aromatic heterocycles. The summed E-state index contributed by atoms with van der Waals surface area (Å²) in [4.78, 5) is 0. The van der Waals surface area contributed by atoms with Crippen LogP contribution in [0.15, 0.2) is 0 Å². The summed E-state index contributed by atoms with van der Waals surface area (Å²) >= 11 is 0. The van der Waals surface area contributed by atoms with E-state index in [1.807, 2.05) is 0 Å². The molecule has 4 unspecified atom stereocenters. The lowest BCUT2D eigenvalue weighted by Gasteiger charge is -2.45. The molecule has 3 rings (SSSR count). The van der Waals surface area contributed by atoms with Crippen molar-refractivity contribution in [3.8, 4) is 0 Å². The Hall–Kier alpha value is -0.0400. The maximum Gasteiger partial charge on any atom is 0.00683 e. The molecule has 0 radical (unpaired) electrons. The van der Waals surface area contributed by atoms with Gasteiger partial charge in [-0.15, -0.1) is 0 Å². The standard InChI is InChI=1S/C16H29N/c1-2-12-4-3-5-13(10-12)16-9-6-14(16)11-17-15-7-8-15/h12-17H,2-11H2,1H3. The van der Waals surface area contributed by atoms with E-state index in [2.05, 4.69) is 12.2 Å². The predicted molar refractivity (Wildman–Crippen MR) is 73.0 cm³/mol. The van der Waals surface area contributed by atoms with Gasteiger partial charge >= 0.3 is 0 Å². The van der Waals surface area contributed by atoms with Gasteiger partial charge in [0.1, 0.15) is 0 Å². The molecular weight excluding hydrogens is 206 g/mol. The Morgan fingerprint density at radius 2 is 1.88 bits per heavy atom. The largest absolute Gasteiger partial charge is 0.314 e. The van der Waals surface area contributed by atoms with Gasteiger partial charge in [-0.2, -0.15) is 0 Å². The van der Waals surface area contributed by atoms with Crippen LogP contribution in [0.1, 0.15) is 64.7 Å². The van der Waals surface area contributed by atoms with Crippen molar-refractivity contribution in [2.45, 2.75) is 70.8 Å². The summed E-state index contributed by atoms with van der Waals surface area (Å²) in [5.74, 6) is 4.28. The van der Waals surface area contributed by atoms with Crippen LogP contribution in [-0.2, 0) is 0 Å². The third-order valence-electron chi connectivity index (χ3n) is 5.73. The van der Waals surface area contributed by atoms with E-state index in [-0.39, 0.29) is 0 Å². The SMILES string of the molecule is CCC1CCCC(C2CCC2CNC2CC2)C1. The Bertz CT molecular complexity index is 246. The van der Waals surface area contributed by atoms with E-state index < -0.39 is 0 Å². The summed E-state index contributed by atoms with van der Waals surface area (Å²) in [7, 11) is 0. The molecule has 0 aliphatic heterocycles. The van der Waals surface area contributed by atoms with Gasteiger partial charge in [0.15, 0.2) is 0 Å². The molecule has 1 heteroatoms. The van der Waals surface area contributed by atoms with Gasteiger partial charge < -0.3 is 5.32 Å². The van der Waals surface area contributed by atoms with E-state index in [9.17, 15) is 0 Å². The first kappa shape index (κ1) is 12.0. The summed E-state index contributed by atoms with van der Waals surface area (Å²) in [5.41, 5.74) is 0. The Morgan fingerprint density at radius 1 is 1.00 bits per heavy atom. The minimum atomic E-state index is 0.908. The summed E-state index contributed by atoms with van der Waals surface area (Å²) in [6.07, 6.45) is 13.5. The second kappa shape index (κ2) is 5.30. The second-order valence-corrected chi connectivity index (χ2v) is 6.88. The third kappa shape index (κ3) is 2.86. The van der Waals surface area contributed by atoms with Crippen molar-refractivity contribution in [3.63, 3.8) is 0 Å². The van der Waals surface area contributed by atoms with Gasteiger partial charge in [-0.1, -0.05) is 32.6 Å². The summed E-state index contributed by atoms with van der Waals surface area (Å²) in [6, 6.07) is 0.908. The zero-order valence-corrected chi connectivity index (χ0v) is 11.5. The summed E-state index contributed by atoms with van der Waals surface area (Å²) < 4.78 is 0. The fraction of sp³-hybridized carbons (Fsp3) is 1.00. The normalized spacial score (nSPS) is 42.2. The fourth-order valence-electron chi connectivity index (χ4n) is 4.17. The number of rotatable bonds is 5. The molecule has 0 aromatic rings. The molecule has 4 atom stereocenters. The van der Waals surface area contributed by atoms with Crippen LogP contribution in [0.5, 0.6) is 0 Å². The molecule has 17 heavy (non-hydrogen) atoms. The minimum Gasteiger partial charge on any atom is -0.314 e. The first-order chi connectivity index (χ1) is 8.36. The van der Waals surface area contributed by atoms with Gasteiger partial charge in [-0.05, 0) is 62.3 Å². The topological polar surface area (TPSA) is 12.0 Å². The molecule has 3 aliphatic carbocycles. The molecule has 1 N–H and O–H groups in total. The average molecular weight is 235 g/mol. The molecular formula is C16H29N. The number of nitrogens with one attached hydrogen (secondary N) is 1. The fourth-order valence-corrected chi connectivity index (χ4v) is 4.17. The van der Waals surface area contributed by atoms with Gasteiger partial charge in [0.2, 0.25) is 0 Å². The van der Waals surface area contributed by atoms with Crippen LogP contribution >= 0.6 is 0 Å². The first-order valence-corrected chi connectivity index (χ1v) is 8.10. The number of hydrogen-bond donors (Lipinski definition) is 1. The van der Waals surface area contributed by atoms with Crippen molar-refractivity contribution in [3.05, 3.63) is 0 Å². The maximum absolute atomic E-state index is 3.75. The van der Waals surface area contributed by atoms with Gasteiger partial charge in [0.25, 0.3) is 0 Å². The van der Waals surface area contributed by atoms with E-state index in [1.54, 1.807) is 12.8 Å². The molecule has 3 aliphatic rings. The zero-order chi connectivity index (χ0) is 11.7. The van der Waals surface area contributed by atoms with Crippen LogP contribution in [0.25, 0.3) is 0 Å². The van der Waals surface area contributed by atoms with Crippen LogP contribution in [0.3, 0.4) is 0 Å². The lowest BCUT2D eigenvalue weighted by Crippen LogP contribution is -2.41. The zero-order valence-electron chi connectivity index (χ0n) is 11.5. The van der Waals surface area contributed by atoms with Crippen LogP contribution in [0.2, 0.25) is 0 Å². The molecule has 0 bridgehead atoms. The average Bonchev–Trinajstić information content (AvgIpc) is 3.12. The van der Waals surface area contributed by atoms with Crippen LogP contribution in [0, 0.1) is 23.7 Å². The van der Waals surface area contributed by atoms with Crippen LogP contribution in [-0.4, -0.2) is 12.6 Å². The molecule has 1 nitrogen and oxygen atoms in total. The lowest BCUT2D eigenvalue weighted by atomic mass is 9.61. The molecule has 98 valence electrons. The predicted octanol–water partition coefficient (Wildman–Crippen LogP) is 3.98. The molecule has 3 fully saturated rings. The Kier molecular flexibility index (Phi) is 3.75. The summed E-state index contributed by atoms with van der Waals surface area (Å²) in [6.45, 7) is 3.72. The smallest absolute Gasteiger partial charge is 0.00683 e.